The number of hydrogen-bond acceptors (Lipinski definition) is 4. The van der Waals surface area contributed by atoms with Crippen LogP contribution in [-0.4, -0.2) is 26.8 Å². The van der Waals surface area contributed by atoms with Crippen LogP contribution in [0.5, 0.6) is 0 Å². The van der Waals surface area contributed by atoms with Crippen LogP contribution in [0.4, 0.5) is 5.69 Å². The van der Waals surface area contributed by atoms with Gasteiger partial charge >= 0.3 is 0 Å². The van der Waals surface area contributed by atoms with E-state index >= 15 is 0 Å². The van der Waals surface area contributed by atoms with Crippen molar-refractivity contribution < 1.29 is 4.79 Å². The van der Waals surface area contributed by atoms with Crippen molar-refractivity contribution in [1.29, 1.82) is 0 Å². The number of aromatic amines is 1. The van der Waals surface area contributed by atoms with Gasteiger partial charge in [-0.1, -0.05) is 36.9 Å². The maximum atomic E-state index is 12.0. The second kappa shape index (κ2) is 7.26. The molecule has 0 aliphatic rings. The average molecular weight is 304 g/mol. The molecule has 2 aromatic rings. The highest BCUT2D eigenvalue weighted by Crippen LogP contribution is 2.20. The summed E-state index contributed by atoms with van der Waals surface area (Å²) >= 11 is 1.34. The van der Waals surface area contributed by atoms with Crippen molar-refractivity contribution in [2.24, 2.45) is 0 Å². The highest BCUT2D eigenvalue weighted by Gasteiger charge is 2.10. The Hall–Kier alpha value is -1.82. The molecule has 1 amide bonds. The second-order valence-electron chi connectivity index (χ2n) is 4.92. The number of carbonyl (C=O) groups is 1. The van der Waals surface area contributed by atoms with E-state index in [1.165, 1.54) is 11.8 Å². The molecule has 0 atom stereocenters. The van der Waals surface area contributed by atoms with Crippen LogP contribution in [0.25, 0.3) is 0 Å². The highest BCUT2D eigenvalue weighted by molar-refractivity contribution is 7.99. The fourth-order valence-electron chi connectivity index (χ4n) is 2.01. The summed E-state index contributed by atoms with van der Waals surface area (Å²) in [6.45, 7) is 6.07. The lowest BCUT2D eigenvalue weighted by Crippen LogP contribution is -2.15. The Bertz CT molecular complexity index is 604. The second-order valence-corrected chi connectivity index (χ2v) is 5.86. The third-order valence-corrected chi connectivity index (χ3v) is 3.92. The van der Waals surface area contributed by atoms with Gasteiger partial charge in [0.15, 0.2) is 0 Å². The molecule has 0 radical (unpaired) electrons. The van der Waals surface area contributed by atoms with Gasteiger partial charge in [-0.3, -0.25) is 9.89 Å². The normalized spacial score (nSPS) is 10.6. The molecule has 1 heterocycles. The molecule has 6 heteroatoms. The van der Waals surface area contributed by atoms with Gasteiger partial charge in [0.2, 0.25) is 11.1 Å². The summed E-state index contributed by atoms with van der Waals surface area (Å²) in [5.74, 6) is 1.13. The Morgan fingerprint density at radius 1 is 1.33 bits per heavy atom. The predicted molar refractivity (Wildman–Crippen MR) is 85.6 cm³/mol. The Balaban J connectivity index is 1.90. The van der Waals surface area contributed by atoms with Crippen LogP contribution in [0.15, 0.2) is 23.4 Å². The highest BCUT2D eigenvalue weighted by atomic mass is 32.2. The minimum Gasteiger partial charge on any atom is -0.325 e. The first-order valence-corrected chi connectivity index (χ1v) is 7.99. The van der Waals surface area contributed by atoms with Crippen molar-refractivity contribution in [2.75, 3.05) is 11.1 Å². The van der Waals surface area contributed by atoms with Gasteiger partial charge < -0.3 is 5.32 Å². The van der Waals surface area contributed by atoms with Crippen LogP contribution >= 0.6 is 11.8 Å². The Morgan fingerprint density at radius 2 is 2.05 bits per heavy atom. The fraction of sp³-hybridized carbons (Fsp3) is 0.400. The number of nitrogens with zero attached hydrogens (tertiary/aromatic N) is 2. The van der Waals surface area contributed by atoms with E-state index in [0.29, 0.717) is 10.9 Å². The number of H-pyrrole nitrogens is 1. The van der Waals surface area contributed by atoms with Crippen LogP contribution in [0.2, 0.25) is 0 Å². The van der Waals surface area contributed by atoms with Crippen molar-refractivity contribution in [3.63, 3.8) is 0 Å². The lowest BCUT2D eigenvalue weighted by atomic mass is 10.1. The standard InChI is InChI=1S/C15H20N4OS/c1-4-6-12-16-15(19-18-12)21-9-13(20)17-14-10(2)7-5-8-11(14)3/h5,7-8H,4,6,9H2,1-3H3,(H,17,20)(H,16,18,19). The fourth-order valence-corrected chi connectivity index (χ4v) is 2.63. The summed E-state index contributed by atoms with van der Waals surface area (Å²) in [4.78, 5) is 16.4. The largest absolute Gasteiger partial charge is 0.325 e. The molecule has 21 heavy (non-hydrogen) atoms. The topological polar surface area (TPSA) is 70.7 Å². The van der Waals surface area contributed by atoms with Crippen LogP contribution in [0.3, 0.4) is 0 Å². The molecule has 1 aromatic carbocycles. The molecule has 1 aromatic heterocycles. The SMILES string of the molecule is CCCc1nc(SCC(=O)Nc2c(C)cccc2C)n[nH]1. The molecular formula is C15H20N4OS. The number of carbonyl (C=O) groups excluding carboxylic acids is 1. The maximum Gasteiger partial charge on any atom is 0.234 e. The summed E-state index contributed by atoms with van der Waals surface area (Å²) in [6.07, 6.45) is 1.90. The van der Waals surface area contributed by atoms with E-state index in [0.717, 1.165) is 35.5 Å². The molecule has 2 N–H and O–H groups in total. The Labute approximate surface area is 128 Å². The molecule has 0 saturated carbocycles. The molecule has 112 valence electrons. The zero-order chi connectivity index (χ0) is 15.2. The van der Waals surface area contributed by atoms with Crippen LogP contribution in [0.1, 0.15) is 30.3 Å². The lowest BCUT2D eigenvalue weighted by molar-refractivity contribution is -0.113. The first-order chi connectivity index (χ1) is 10.1. The van der Waals surface area contributed by atoms with Crippen molar-refractivity contribution in [1.82, 2.24) is 15.2 Å². The van der Waals surface area contributed by atoms with Crippen LogP contribution < -0.4 is 5.32 Å². The van der Waals surface area contributed by atoms with Gasteiger partial charge in [0.05, 0.1) is 5.75 Å². The summed E-state index contributed by atoms with van der Waals surface area (Å²) in [5, 5.41) is 10.6. The average Bonchev–Trinajstić information content (AvgIpc) is 2.89. The number of amides is 1. The van der Waals surface area contributed by atoms with Gasteiger partial charge in [-0.15, -0.1) is 5.10 Å². The maximum absolute atomic E-state index is 12.0. The summed E-state index contributed by atoms with van der Waals surface area (Å²) in [7, 11) is 0. The Morgan fingerprint density at radius 3 is 2.71 bits per heavy atom. The van der Waals surface area contributed by atoms with Gasteiger partial charge in [-0.05, 0) is 31.4 Å². The summed E-state index contributed by atoms with van der Waals surface area (Å²) in [6, 6.07) is 5.96. The number of anilines is 1. The smallest absolute Gasteiger partial charge is 0.234 e. The number of hydrogen-bond donors (Lipinski definition) is 2. The number of aromatic nitrogens is 3. The molecule has 5 nitrogen and oxygen atoms in total. The van der Waals surface area contributed by atoms with Gasteiger partial charge in [0.1, 0.15) is 5.82 Å². The predicted octanol–water partition coefficient (Wildman–Crippen LogP) is 3.10. The van der Waals surface area contributed by atoms with E-state index in [1.54, 1.807) is 0 Å². The molecule has 0 aliphatic heterocycles. The molecule has 0 aliphatic carbocycles. The van der Waals surface area contributed by atoms with E-state index in [4.69, 9.17) is 0 Å². The lowest BCUT2D eigenvalue weighted by Gasteiger charge is -2.10. The van der Waals surface area contributed by atoms with E-state index in [2.05, 4.69) is 27.4 Å². The molecule has 2 rings (SSSR count). The molecule has 0 bridgehead atoms. The third kappa shape index (κ3) is 4.32. The number of rotatable bonds is 6. The molecular weight excluding hydrogens is 284 g/mol. The summed E-state index contributed by atoms with van der Waals surface area (Å²) in [5.41, 5.74) is 3.03. The molecule has 0 saturated heterocycles. The van der Waals surface area contributed by atoms with Crippen molar-refractivity contribution in [2.45, 2.75) is 38.8 Å². The molecule has 0 fully saturated rings. The van der Waals surface area contributed by atoms with E-state index < -0.39 is 0 Å². The number of thioether (sulfide) groups is 1. The van der Waals surface area contributed by atoms with Gasteiger partial charge in [0, 0.05) is 12.1 Å². The van der Waals surface area contributed by atoms with Gasteiger partial charge in [-0.25, -0.2) is 4.98 Å². The van der Waals surface area contributed by atoms with Crippen molar-refractivity contribution >= 4 is 23.4 Å². The number of nitrogens with one attached hydrogen (secondary N) is 2. The van der Waals surface area contributed by atoms with Crippen LogP contribution in [-0.2, 0) is 11.2 Å². The number of para-hydroxylation sites is 1. The van der Waals surface area contributed by atoms with Crippen molar-refractivity contribution in [3.8, 4) is 0 Å². The monoisotopic (exact) mass is 304 g/mol. The first kappa shape index (κ1) is 15.6. The third-order valence-electron chi connectivity index (χ3n) is 3.08. The quantitative estimate of drug-likeness (QED) is 0.804. The number of benzene rings is 1. The zero-order valence-corrected chi connectivity index (χ0v) is 13.4. The van der Waals surface area contributed by atoms with Crippen LogP contribution in [0, 0.1) is 13.8 Å². The molecule has 0 unspecified atom stereocenters. The molecule has 0 spiro atoms. The van der Waals surface area contributed by atoms with E-state index in [1.807, 2.05) is 32.0 Å². The van der Waals surface area contributed by atoms with Crippen molar-refractivity contribution in [3.05, 3.63) is 35.2 Å². The number of aryl methyl sites for hydroxylation is 3. The van der Waals surface area contributed by atoms with E-state index in [9.17, 15) is 4.79 Å². The summed E-state index contributed by atoms with van der Waals surface area (Å²) < 4.78 is 0. The minimum absolute atomic E-state index is 0.0424. The zero-order valence-electron chi connectivity index (χ0n) is 12.6. The van der Waals surface area contributed by atoms with E-state index in [-0.39, 0.29) is 5.91 Å². The minimum atomic E-state index is -0.0424. The first-order valence-electron chi connectivity index (χ1n) is 7.00. The van der Waals surface area contributed by atoms with Gasteiger partial charge in [-0.2, -0.15) is 0 Å². The van der Waals surface area contributed by atoms with Gasteiger partial charge in [0.25, 0.3) is 0 Å². The Kier molecular flexibility index (Phi) is 5.38.